The summed E-state index contributed by atoms with van der Waals surface area (Å²) in [5.41, 5.74) is 2.39. The average molecular weight is 425 g/mol. The predicted octanol–water partition coefficient (Wildman–Crippen LogP) is 7.07. The molecule has 3 aromatic rings. The van der Waals surface area contributed by atoms with Gasteiger partial charge in [-0.25, -0.2) is 13.8 Å². The molecule has 0 heterocycles. The SMILES string of the molecule is Cl.Fc1ccc(CSC(=Nc2ccccc2)Nc2ccc(F)c(Cl)c2)cc1. The summed E-state index contributed by atoms with van der Waals surface area (Å²) in [6, 6.07) is 20.2. The van der Waals surface area contributed by atoms with Crippen molar-refractivity contribution in [2.24, 2.45) is 4.99 Å². The Morgan fingerprint density at radius 3 is 2.33 bits per heavy atom. The standard InChI is InChI=1S/C20H15ClF2N2S.ClH/c21-18-12-17(10-11-19(18)23)25-20(24-16-4-2-1-3-5-16)26-13-14-6-8-15(22)9-7-14;/h1-12H,13H2,(H,24,25);1H. The van der Waals surface area contributed by atoms with E-state index in [1.165, 1.54) is 36.0 Å². The molecule has 140 valence electrons. The van der Waals surface area contributed by atoms with Gasteiger partial charge in [-0.1, -0.05) is 53.7 Å². The van der Waals surface area contributed by atoms with Crippen molar-refractivity contribution >= 4 is 52.3 Å². The van der Waals surface area contributed by atoms with Gasteiger partial charge in [0.1, 0.15) is 11.6 Å². The normalized spacial score (nSPS) is 11.0. The molecule has 1 N–H and O–H groups in total. The number of hydrogen-bond donors (Lipinski definition) is 1. The number of para-hydroxylation sites is 1. The second-order valence-corrected chi connectivity index (χ2v) is 6.79. The van der Waals surface area contributed by atoms with E-state index in [9.17, 15) is 8.78 Å². The van der Waals surface area contributed by atoms with Gasteiger partial charge in [-0.15, -0.1) is 12.4 Å². The number of nitrogens with one attached hydrogen (secondary N) is 1. The summed E-state index contributed by atoms with van der Waals surface area (Å²) >= 11 is 7.31. The summed E-state index contributed by atoms with van der Waals surface area (Å²) in [5.74, 6) is -0.137. The van der Waals surface area contributed by atoms with E-state index < -0.39 is 5.82 Å². The maximum atomic E-state index is 13.4. The van der Waals surface area contributed by atoms with Crippen molar-refractivity contribution < 1.29 is 8.78 Å². The molecule has 0 bridgehead atoms. The predicted molar refractivity (Wildman–Crippen MR) is 114 cm³/mol. The summed E-state index contributed by atoms with van der Waals surface area (Å²) in [7, 11) is 0. The largest absolute Gasteiger partial charge is 0.335 e. The molecule has 0 aliphatic carbocycles. The zero-order chi connectivity index (χ0) is 18.4. The Balaban J connectivity index is 0.00000261. The summed E-state index contributed by atoms with van der Waals surface area (Å²) in [6.45, 7) is 0. The number of nitrogens with zero attached hydrogens (tertiary/aromatic N) is 1. The Labute approximate surface area is 172 Å². The van der Waals surface area contributed by atoms with Crippen LogP contribution in [0.3, 0.4) is 0 Å². The van der Waals surface area contributed by atoms with Crippen LogP contribution in [0.4, 0.5) is 20.2 Å². The Morgan fingerprint density at radius 1 is 0.963 bits per heavy atom. The lowest BCUT2D eigenvalue weighted by Gasteiger charge is -2.11. The third-order valence-corrected chi connectivity index (χ3v) is 4.68. The van der Waals surface area contributed by atoms with Gasteiger partial charge < -0.3 is 5.32 Å². The molecule has 3 rings (SSSR count). The van der Waals surface area contributed by atoms with E-state index in [1.54, 1.807) is 18.2 Å². The first-order valence-electron chi connectivity index (χ1n) is 7.83. The number of rotatable bonds is 4. The van der Waals surface area contributed by atoms with Crippen molar-refractivity contribution in [1.82, 2.24) is 0 Å². The van der Waals surface area contributed by atoms with Gasteiger partial charge in [0, 0.05) is 11.4 Å². The fraction of sp³-hybridized carbons (Fsp3) is 0.0500. The van der Waals surface area contributed by atoms with Crippen LogP contribution in [0.15, 0.2) is 77.8 Å². The summed E-state index contributed by atoms with van der Waals surface area (Å²) in [4.78, 5) is 4.60. The van der Waals surface area contributed by atoms with E-state index in [0.29, 0.717) is 16.6 Å². The van der Waals surface area contributed by atoms with Gasteiger partial charge in [-0.2, -0.15) is 0 Å². The Hall–Kier alpha value is -2.08. The smallest absolute Gasteiger partial charge is 0.166 e. The quantitative estimate of drug-likeness (QED) is 0.357. The molecule has 3 aromatic carbocycles. The minimum atomic E-state index is -0.474. The van der Waals surface area contributed by atoms with Crippen LogP contribution in [-0.2, 0) is 5.75 Å². The number of thioether (sulfide) groups is 1. The Morgan fingerprint density at radius 2 is 1.67 bits per heavy atom. The zero-order valence-electron chi connectivity index (χ0n) is 14.0. The highest BCUT2D eigenvalue weighted by molar-refractivity contribution is 8.13. The summed E-state index contributed by atoms with van der Waals surface area (Å²) < 4.78 is 26.4. The molecule has 27 heavy (non-hydrogen) atoms. The van der Waals surface area contributed by atoms with E-state index in [1.807, 2.05) is 30.3 Å². The molecule has 0 saturated carbocycles. The lowest BCUT2D eigenvalue weighted by molar-refractivity contribution is 0.627. The van der Waals surface area contributed by atoms with Crippen molar-refractivity contribution in [1.29, 1.82) is 0 Å². The molecule has 0 fully saturated rings. The minimum Gasteiger partial charge on any atom is -0.335 e. The van der Waals surface area contributed by atoms with E-state index >= 15 is 0 Å². The molecule has 0 radical (unpaired) electrons. The lowest BCUT2D eigenvalue weighted by Crippen LogP contribution is -2.08. The van der Waals surface area contributed by atoms with Gasteiger partial charge in [0.05, 0.1) is 10.7 Å². The topological polar surface area (TPSA) is 24.4 Å². The van der Waals surface area contributed by atoms with E-state index in [-0.39, 0.29) is 23.2 Å². The highest BCUT2D eigenvalue weighted by atomic mass is 35.5. The van der Waals surface area contributed by atoms with Crippen molar-refractivity contribution in [2.75, 3.05) is 5.32 Å². The minimum absolute atomic E-state index is 0. The highest BCUT2D eigenvalue weighted by Crippen LogP contribution is 2.24. The first-order chi connectivity index (χ1) is 12.6. The number of halogens is 4. The average Bonchev–Trinajstić information content (AvgIpc) is 2.65. The van der Waals surface area contributed by atoms with Crippen LogP contribution in [-0.4, -0.2) is 5.17 Å². The monoisotopic (exact) mass is 424 g/mol. The molecule has 0 aromatic heterocycles. The molecular weight excluding hydrogens is 409 g/mol. The molecule has 7 heteroatoms. The maximum Gasteiger partial charge on any atom is 0.166 e. The molecule has 0 saturated heterocycles. The van der Waals surface area contributed by atoms with Gasteiger partial charge in [-0.05, 0) is 48.0 Å². The van der Waals surface area contributed by atoms with Gasteiger partial charge in [0.2, 0.25) is 0 Å². The number of amidine groups is 1. The molecular formula is C20H16Cl2F2N2S. The molecule has 0 atom stereocenters. The maximum absolute atomic E-state index is 13.4. The van der Waals surface area contributed by atoms with Crippen molar-refractivity contribution in [3.8, 4) is 0 Å². The molecule has 0 aliphatic heterocycles. The third kappa shape index (κ3) is 6.54. The van der Waals surface area contributed by atoms with E-state index in [2.05, 4.69) is 10.3 Å². The van der Waals surface area contributed by atoms with Crippen LogP contribution < -0.4 is 5.32 Å². The molecule has 0 unspecified atom stereocenters. The number of aliphatic imine (C=N–C) groups is 1. The first kappa shape index (κ1) is 21.2. The fourth-order valence-corrected chi connectivity index (χ4v) is 3.18. The summed E-state index contributed by atoms with van der Waals surface area (Å²) in [5, 5.41) is 3.83. The van der Waals surface area contributed by atoms with Crippen LogP contribution in [0.2, 0.25) is 5.02 Å². The number of anilines is 1. The second-order valence-electron chi connectivity index (χ2n) is 5.42. The molecule has 0 aliphatic rings. The van der Waals surface area contributed by atoms with Gasteiger partial charge >= 0.3 is 0 Å². The van der Waals surface area contributed by atoms with E-state index in [0.717, 1.165) is 11.3 Å². The summed E-state index contributed by atoms with van der Waals surface area (Å²) in [6.07, 6.45) is 0. The van der Waals surface area contributed by atoms with Crippen LogP contribution in [0.25, 0.3) is 0 Å². The number of benzene rings is 3. The molecule has 0 spiro atoms. The number of hydrogen-bond acceptors (Lipinski definition) is 2. The molecule has 0 amide bonds. The van der Waals surface area contributed by atoms with Crippen LogP contribution in [0.5, 0.6) is 0 Å². The fourth-order valence-electron chi connectivity index (χ4n) is 2.15. The molecule has 2 nitrogen and oxygen atoms in total. The van der Waals surface area contributed by atoms with Crippen LogP contribution >= 0.6 is 35.8 Å². The van der Waals surface area contributed by atoms with Crippen molar-refractivity contribution in [3.63, 3.8) is 0 Å². The van der Waals surface area contributed by atoms with Gasteiger partial charge in [-0.3, -0.25) is 0 Å². The highest BCUT2D eigenvalue weighted by Gasteiger charge is 2.06. The first-order valence-corrected chi connectivity index (χ1v) is 9.19. The Bertz CT molecular complexity index is 904. The second kappa shape index (κ2) is 10.3. The van der Waals surface area contributed by atoms with Gasteiger partial charge in [0.15, 0.2) is 5.17 Å². The van der Waals surface area contributed by atoms with Crippen LogP contribution in [0.1, 0.15) is 5.56 Å². The third-order valence-electron chi connectivity index (χ3n) is 3.45. The Kier molecular flexibility index (Phi) is 8.10. The van der Waals surface area contributed by atoms with Crippen molar-refractivity contribution in [2.45, 2.75) is 5.75 Å². The van der Waals surface area contributed by atoms with Crippen LogP contribution in [0, 0.1) is 11.6 Å². The van der Waals surface area contributed by atoms with E-state index in [4.69, 9.17) is 11.6 Å². The lowest BCUT2D eigenvalue weighted by atomic mass is 10.2. The van der Waals surface area contributed by atoms with Gasteiger partial charge in [0.25, 0.3) is 0 Å². The van der Waals surface area contributed by atoms with Crippen molar-refractivity contribution in [3.05, 3.63) is 95.0 Å². The zero-order valence-corrected chi connectivity index (χ0v) is 16.4.